The largest absolute Gasteiger partial charge is 1.00 e. The molecule has 26 heavy (non-hydrogen) atoms. The first-order valence-electron chi connectivity index (χ1n) is 8.47. The zero-order chi connectivity index (χ0) is 17.2. The van der Waals surface area contributed by atoms with Crippen molar-refractivity contribution in [2.75, 3.05) is 33.8 Å². The fourth-order valence-electron chi connectivity index (χ4n) is 2.32. The minimum atomic E-state index is 0. The molecule has 0 unspecified atom stereocenters. The lowest BCUT2D eigenvalue weighted by Crippen LogP contribution is -3.00. The molecule has 0 fully saturated rings. The van der Waals surface area contributed by atoms with E-state index in [4.69, 9.17) is 9.47 Å². The van der Waals surface area contributed by atoms with Crippen molar-refractivity contribution < 1.29 is 34.3 Å². The number of nitrogens with one attached hydrogen (secondary N) is 1. The number of benzene rings is 2. The van der Waals surface area contributed by atoms with Gasteiger partial charge in [-0.1, -0.05) is 36.4 Å². The Morgan fingerprint density at radius 3 is 2.27 bits per heavy atom. The summed E-state index contributed by atoms with van der Waals surface area (Å²) in [6, 6.07) is 16.3. The summed E-state index contributed by atoms with van der Waals surface area (Å²) in [5.74, 6) is 1.60. The average Bonchev–Trinajstić information content (AvgIpc) is 2.59. The van der Waals surface area contributed by atoms with Crippen LogP contribution in [0.25, 0.3) is 0 Å². The van der Waals surface area contributed by atoms with Crippen molar-refractivity contribution in [1.82, 2.24) is 10.2 Å². The third-order valence-corrected chi connectivity index (χ3v) is 3.61. The van der Waals surface area contributed by atoms with E-state index < -0.39 is 0 Å². The van der Waals surface area contributed by atoms with Crippen molar-refractivity contribution in [2.45, 2.75) is 20.1 Å². The van der Waals surface area contributed by atoms with E-state index >= 15 is 0 Å². The first-order valence-corrected chi connectivity index (χ1v) is 8.47. The molecule has 0 aliphatic carbocycles. The summed E-state index contributed by atoms with van der Waals surface area (Å²) < 4.78 is 11.7. The van der Waals surface area contributed by atoms with Gasteiger partial charge in [0.05, 0.1) is 6.61 Å². The molecule has 4 nitrogen and oxygen atoms in total. The van der Waals surface area contributed by atoms with E-state index in [0.29, 0.717) is 13.2 Å². The predicted octanol–water partition coefficient (Wildman–Crippen LogP) is -2.68. The van der Waals surface area contributed by atoms with Crippen LogP contribution in [0.2, 0.25) is 0 Å². The molecule has 0 aromatic heterocycles. The standard InChI is InChI=1S/C20H28N2O2.2ClH/c1-4-23-20-14-18(15-21-12-13-22(2)3)10-11-19(20)24-16-17-8-6-5-7-9-17;;/h5-11,14,21H,4,12-13,15-16H2,1-3H3;2*1H/p-2. The molecule has 2 rings (SSSR count). The summed E-state index contributed by atoms with van der Waals surface area (Å²) in [5.41, 5.74) is 2.35. The van der Waals surface area contributed by atoms with Crippen molar-refractivity contribution >= 4 is 0 Å². The summed E-state index contributed by atoms with van der Waals surface area (Å²) >= 11 is 0. The lowest BCUT2D eigenvalue weighted by molar-refractivity contribution is -0.00100. The van der Waals surface area contributed by atoms with Gasteiger partial charge in [-0.15, -0.1) is 0 Å². The van der Waals surface area contributed by atoms with Gasteiger partial charge < -0.3 is 44.5 Å². The molecule has 0 saturated carbocycles. The number of hydrogen-bond acceptors (Lipinski definition) is 4. The average molecular weight is 399 g/mol. The SMILES string of the molecule is CCOc1cc(CNCCN(C)C)ccc1OCc1ccccc1.[Cl-].[Cl-]. The van der Waals surface area contributed by atoms with Crippen molar-refractivity contribution in [3.05, 3.63) is 59.7 Å². The Morgan fingerprint density at radius 1 is 0.885 bits per heavy atom. The van der Waals surface area contributed by atoms with Gasteiger partial charge in [0.15, 0.2) is 11.5 Å². The van der Waals surface area contributed by atoms with Gasteiger partial charge in [-0.3, -0.25) is 0 Å². The van der Waals surface area contributed by atoms with Gasteiger partial charge in [0.2, 0.25) is 0 Å². The van der Waals surface area contributed by atoms with Crippen LogP contribution >= 0.6 is 0 Å². The van der Waals surface area contributed by atoms with Crippen molar-refractivity contribution in [2.24, 2.45) is 0 Å². The highest BCUT2D eigenvalue weighted by atomic mass is 35.5. The number of rotatable bonds is 10. The number of halogens is 2. The molecule has 0 aliphatic heterocycles. The van der Waals surface area contributed by atoms with Crippen LogP contribution in [0.4, 0.5) is 0 Å². The topological polar surface area (TPSA) is 33.7 Å². The molecule has 0 bridgehead atoms. The minimum Gasteiger partial charge on any atom is -1.00 e. The molecule has 2 aromatic rings. The molecule has 0 amide bonds. The monoisotopic (exact) mass is 398 g/mol. The highest BCUT2D eigenvalue weighted by Gasteiger charge is 2.07. The molecule has 0 heterocycles. The van der Waals surface area contributed by atoms with Crippen LogP contribution in [-0.4, -0.2) is 38.7 Å². The van der Waals surface area contributed by atoms with Gasteiger partial charge in [-0.2, -0.15) is 0 Å². The fourth-order valence-corrected chi connectivity index (χ4v) is 2.32. The molecular formula is C20H28Cl2N2O2-2. The Labute approximate surface area is 169 Å². The molecule has 0 aliphatic rings. The second-order valence-electron chi connectivity index (χ2n) is 5.97. The molecule has 0 radical (unpaired) electrons. The first kappa shape index (κ1) is 24.5. The summed E-state index contributed by atoms with van der Waals surface area (Å²) in [4.78, 5) is 2.17. The molecule has 146 valence electrons. The third-order valence-electron chi connectivity index (χ3n) is 3.61. The van der Waals surface area contributed by atoms with E-state index in [1.807, 2.05) is 31.2 Å². The summed E-state index contributed by atoms with van der Waals surface area (Å²) in [6.45, 7) is 5.97. The number of likely N-dealkylation sites (N-methyl/N-ethyl adjacent to an activating group) is 1. The fraction of sp³-hybridized carbons (Fsp3) is 0.400. The number of hydrogen-bond donors (Lipinski definition) is 1. The third kappa shape index (κ3) is 8.77. The van der Waals surface area contributed by atoms with Crippen molar-refractivity contribution in [3.63, 3.8) is 0 Å². The van der Waals surface area contributed by atoms with Crippen LogP contribution in [0.15, 0.2) is 48.5 Å². The van der Waals surface area contributed by atoms with Gasteiger partial charge in [0.1, 0.15) is 6.61 Å². The summed E-state index contributed by atoms with van der Waals surface area (Å²) in [7, 11) is 4.15. The lowest BCUT2D eigenvalue weighted by atomic mass is 10.2. The van der Waals surface area contributed by atoms with E-state index in [-0.39, 0.29) is 24.8 Å². The van der Waals surface area contributed by atoms with E-state index in [1.165, 1.54) is 5.56 Å². The molecule has 0 saturated heterocycles. The van der Waals surface area contributed by atoms with Gasteiger partial charge in [-0.05, 0) is 44.3 Å². The smallest absolute Gasteiger partial charge is 0.161 e. The zero-order valence-corrected chi connectivity index (χ0v) is 17.2. The normalized spacial score (nSPS) is 10.0. The van der Waals surface area contributed by atoms with Crippen molar-refractivity contribution in [1.29, 1.82) is 0 Å². The van der Waals surface area contributed by atoms with Crippen LogP contribution in [0.5, 0.6) is 11.5 Å². The van der Waals surface area contributed by atoms with Gasteiger partial charge >= 0.3 is 0 Å². The van der Waals surface area contributed by atoms with Gasteiger partial charge in [-0.25, -0.2) is 0 Å². The molecule has 0 atom stereocenters. The van der Waals surface area contributed by atoms with Crippen LogP contribution in [-0.2, 0) is 13.2 Å². The second kappa shape index (κ2) is 13.7. The van der Waals surface area contributed by atoms with Crippen molar-refractivity contribution in [3.8, 4) is 11.5 Å². The maximum atomic E-state index is 5.94. The second-order valence-corrected chi connectivity index (χ2v) is 5.97. The lowest BCUT2D eigenvalue weighted by Gasteiger charge is -2.14. The highest BCUT2D eigenvalue weighted by molar-refractivity contribution is 5.43. The molecule has 1 N–H and O–H groups in total. The van der Waals surface area contributed by atoms with Crippen LogP contribution < -0.4 is 39.6 Å². The Kier molecular flexibility index (Phi) is 12.9. The van der Waals surface area contributed by atoms with E-state index in [9.17, 15) is 0 Å². The van der Waals surface area contributed by atoms with Gasteiger partial charge in [0, 0.05) is 19.6 Å². The Bertz CT molecular complexity index is 610. The summed E-state index contributed by atoms with van der Waals surface area (Å²) in [6.07, 6.45) is 0. The first-order chi connectivity index (χ1) is 11.7. The minimum absolute atomic E-state index is 0. The van der Waals surface area contributed by atoms with Crippen LogP contribution in [0.1, 0.15) is 18.1 Å². The maximum absolute atomic E-state index is 5.94. The Morgan fingerprint density at radius 2 is 1.62 bits per heavy atom. The van der Waals surface area contributed by atoms with E-state index in [1.54, 1.807) is 0 Å². The maximum Gasteiger partial charge on any atom is 0.161 e. The quantitative estimate of drug-likeness (QED) is 0.442. The van der Waals surface area contributed by atoms with Gasteiger partial charge in [0.25, 0.3) is 0 Å². The summed E-state index contributed by atoms with van der Waals surface area (Å²) in [5, 5.41) is 3.44. The predicted molar refractivity (Wildman–Crippen MR) is 98.6 cm³/mol. The Hall–Kier alpha value is -1.46. The van der Waals surface area contributed by atoms with Crippen LogP contribution in [0.3, 0.4) is 0 Å². The molecule has 2 aromatic carbocycles. The number of ether oxygens (including phenoxy) is 2. The van der Waals surface area contributed by atoms with E-state index in [2.05, 4.69) is 48.6 Å². The number of nitrogens with zero attached hydrogens (tertiary/aromatic N) is 1. The molecule has 0 spiro atoms. The molecule has 6 heteroatoms. The molecular weight excluding hydrogens is 371 g/mol. The van der Waals surface area contributed by atoms with E-state index in [0.717, 1.165) is 36.7 Å². The zero-order valence-electron chi connectivity index (χ0n) is 15.7. The Balaban J connectivity index is 0.00000312. The highest BCUT2D eigenvalue weighted by Crippen LogP contribution is 2.29. The van der Waals surface area contributed by atoms with Crippen LogP contribution in [0, 0.1) is 0 Å².